The molecule has 9 nitrogen and oxygen atoms in total. The maximum atomic E-state index is 11.4. The van der Waals surface area contributed by atoms with Gasteiger partial charge in [-0.25, -0.2) is 4.68 Å². The number of aromatic nitrogens is 5. The van der Waals surface area contributed by atoms with Gasteiger partial charge in [-0.15, -0.1) is 5.10 Å². The first kappa shape index (κ1) is 21.9. The third-order valence-corrected chi connectivity index (χ3v) is 5.94. The predicted octanol–water partition coefficient (Wildman–Crippen LogP) is 2.93. The molecule has 0 aliphatic carbocycles. The van der Waals surface area contributed by atoms with Gasteiger partial charge in [-0.1, -0.05) is 6.07 Å². The van der Waals surface area contributed by atoms with Gasteiger partial charge in [0, 0.05) is 12.7 Å². The monoisotopic (exact) mass is 436 g/mol. The summed E-state index contributed by atoms with van der Waals surface area (Å²) in [6, 6.07) is 11.7. The van der Waals surface area contributed by atoms with Gasteiger partial charge in [0.1, 0.15) is 18.7 Å². The first-order chi connectivity index (χ1) is 15.4. The normalized spacial score (nSPS) is 15.6. The van der Waals surface area contributed by atoms with Crippen molar-refractivity contribution in [2.75, 3.05) is 19.6 Å². The minimum atomic E-state index is -0.745. The average molecular weight is 437 g/mol. The highest BCUT2D eigenvalue weighted by atomic mass is 16.5. The summed E-state index contributed by atoms with van der Waals surface area (Å²) < 4.78 is 7.44. The summed E-state index contributed by atoms with van der Waals surface area (Å²) in [7, 11) is 0. The van der Waals surface area contributed by atoms with Gasteiger partial charge in [-0.3, -0.25) is 9.78 Å². The minimum absolute atomic E-state index is 0.396. The third-order valence-electron chi connectivity index (χ3n) is 5.94. The fourth-order valence-corrected chi connectivity index (χ4v) is 3.95. The fourth-order valence-electron chi connectivity index (χ4n) is 3.95. The van der Waals surface area contributed by atoms with Crippen LogP contribution in [0.3, 0.4) is 0 Å². The molecule has 0 unspecified atom stereocenters. The Morgan fingerprint density at radius 2 is 1.91 bits per heavy atom. The molecule has 168 valence electrons. The van der Waals surface area contributed by atoms with Gasteiger partial charge in [0.05, 0.1) is 16.8 Å². The zero-order valence-corrected chi connectivity index (χ0v) is 18.4. The number of rotatable bonds is 8. The Bertz CT molecular complexity index is 1010. The largest absolute Gasteiger partial charge is 0.487 e. The van der Waals surface area contributed by atoms with E-state index in [1.807, 2.05) is 36.5 Å². The van der Waals surface area contributed by atoms with Gasteiger partial charge < -0.3 is 14.7 Å². The molecule has 0 atom stereocenters. The van der Waals surface area contributed by atoms with Crippen molar-refractivity contribution in [1.29, 1.82) is 0 Å². The molecule has 1 aromatic carbocycles. The standard InChI is InChI=1S/C23H28N6O3/c1-23(2,22(30)31)15-28-11-9-17(10-12-28)18-3-4-19(24-13-18)14-32-21-7-5-20(6-8-21)29-16-25-26-27-29/h3-8,13,16-17H,9-12,14-15H2,1-2H3,(H,30,31). The van der Waals surface area contributed by atoms with Crippen molar-refractivity contribution in [1.82, 2.24) is 30.1 Å². The van der Waals surface area contributed by atoms with E-state index in [2.05, 4.69) is 31.5 Å². The number of aliphatic carboxylic acids is 1. The van der Waals surface area contributed by atoms with Crippen LogP contribution in [-0.2, 0) is 11.4 Å². The maximum absolute atomic E-state index is 11.4. The van der Waals surface area contributed by atoms with Crippen molar-refractivity contribution in [3.05, 3.63) is 60.2 Å². The summed E-state index contributed by atoms with van der Waals surface area (Å²) in [6.45, 7) is 6.37. The number of carbonyl (C=O) groups is 1. The zero-order valence-electron chi connectivity index (χ0n) is 18.4. The number of hydrogen-bond acceptors (Lipinski definition) is 7. The Morgan fingerprint density at radius 1 is 1.16 bits per heavy atom. The van der Waals surface area contributed by atoms with E-state index in [9.17, 15) is 9.90 Å². The Hall–Kier alpha value is -3.33. The van der Waals surface area contributed by atoms with Gasteiger partial charge in [0.15, 0.2) is 0 Å². The summed E-state index contributed by atoms with van der Waals surface area (Å²) in [5, 5.41) is 20.5. The molecule has 1 aliphatic rings. The summed E-state index contributed by atoms with van der Waals surface area (Å²) in [6.07, 6.45) is 5.52. The second-order valence-corrected chi connectivity index (χ2v) is 8.86. The number of hydrogen-bond donors (Lipinski definition) is 1. The van der Waals surface area contributed by atoms with E-state index in [0.717, 1.165) is 43.1 Å². The quantitative estimate of drug-likeness (QED) is 0.574. The van der Waals surface area contributed by atoms with E-state index < -0.39 is 11.4 Å². The summed E-state index contributed by atoms with van der Waals surface area (Å²) in [5.41, 5.74) is 2.25. The van der Waals surface area contributed by atoms with Crippen molar-refractivity contribution < 1.29 is 14.6 Å². The number of ether oxygens (including phenoxy) is 1. The van der Waals surface area contributed by atoms with Gasteiger partial charge >= 0.3 is 5.97 Å². The first-order valence-corrected chi connectivity index (χ1v) is 10.8. The van der Waals surface area contributed by atoms with Gasteiger partial charge in [0.25, 0.3) is 0 Å². The number of piperidine rings is 1. The van der Waals surface area contributed by atoms with Crippen molar-refractivity contribution >= 4 is 5.97 Å². The smallest absolute Gasteiger partial charge is 0.310 e. The maximum Gasteiger partial charge on any atom is 0.310 e. The lowest BCUT2D eigenvalue weighted by Gasteiger charge is -2.35. The molecule has 0 amide bonds. The molecule has 1 fully saturated rings. The van der Waals surface area contributed by atoms with Crippen LogP contribution in [-0.4, -0.2) is 60.8 Å². The summed E-state index contributed by atoms with van der Waals surface area (Å²) >= 11 is 0. The first-order valence-electron chi connectivity index (χ1n) is 10.8. The van der Waals surface area contributed by atoms with Crippen molar-refractivity contribution in [2.45, 2.75) is 39.2 Å². The van der Waals surface area contributed by atoms with E-state index in [4.69, 9.17) is 4.74 Å². The topological polar surface area (TPSA) is 106 Å². The Morgan fingerprint density at radius 3 is 2.50 bits per heavy atom. The predicted molar refractivity (Wildman–Crippen MR) is 118 cm³/mol. The lowest BCUT2D eigenvalue weighted by atomic mass is 9.87. The Labute approximate surface area is 187 Å². The molecule has 1 aliphatic heterocycles. The van der Waals surface area contributed by atoms with Crippen molar-refractivity contribution in [3.63, 3.8) is 0 Å². The molecule has 0 radical (unpaired) electrons. The van der Waals surface area contributed by atoms with Crippen LogP contribution < -0.4 is 4.74 Å². The van der Waals surface area contributed by atoms with Crippen LogP contribution in [0.15, 0.2) is 48.9 Å². The summed E-state index contributed by atoms with van der Waals surface area (Å²) in [4.78, 5) is 18.2. The van der Waals surface area contributed by atoms with Crippen molar-refractivity contribution in [2.24, 2.45) is 5.41 Å². The zero-order chi connectivity index (χ0) is 22.6. The van der Waals surface area contributed by atoms with Crippen LogP contribution in [0.4, 0.5) is 0 Å². The number of carboxylic acids is 1. The highest BCUT2D eigenvalue weighted by Gasteiger charge is 2.31. The molecule has 2 aromatic heterocycles. The molecule has 9 heteroatoms. The van der Waals surface area contributed by atoms with E-state index >= 15 is 0 Å². The molecule has 32 heavy (non-hydrogen) atoms. The van der Waals surface area contributed by atoms with Crippen LogP contribution in [0.2, 0.25) is 0 Å². The van der Waals surface area contributed by atoms with E-state index in [0.29, 0.717) is 19.1 Å². The van der Waals surface area contributed by atoms with E-state index in [-0.39, 0.29) is 0 Å². The average Bonchev–Trinajstić information content (AvgIpc) is 3.34. The number of likely N-dealkylation sites (tertiary alicyclic amines) is 1. The Balaban J connectivity index is 1.26. The van der Waals surface area contributed by atoms with Crippen LogP contribution in [0.1, 0.15) is 43.9 Å². The molecule has 0 bridgehead atoms. The lowest BCUT2D eigenvalue weighted by Crippen LogP contribution is -2.42. The molecule has 3 heterocycles. The molecule has 1 N–H and O–H groups in total. The number of pyridine rings is 1. The molecule has 0 spiro atoms. The number of tetrazole rings is 1. The molecule has 3 aromatic rings. The molecule has 0 saturated carbocycles. The van der Waals surface area contributed by atoms with E-state index in [1.165, 1.54) is 5.56 Å². The van der Waals surface area contributed by atoms with Crippen molar-refractivity contribution in [3.8, 4) is 11.4 Å². The lowest BCUT2D eigenvalue weighted by molar-refractivity contribution is -0.148. The molecular weight excluding hydrogens is 408 g/mol. The number of carboxylic acid groups (broad SMARTS) is 1. The van der Waals surface area contributed by atoms with Crippen LogP contribution in [0.5, 0.6) is 5.75 Å². The van der Waals surface area contributed by atoms with Crippen LogP contribution in [0, 0.1) is 5.41 Å². The second kappa shape index (κ2) is 9.44. The SMILES string of the molecule is CC(C)(CN1CCC(c2ccc(COc3ccc(-n4cnnn4)cc3)nc2)CC1)C(=O)O. The van der Waals surface area contributed by atoms with Crippen LogP contribution >= 0.6 is 0 Å². The highest BCUT2D eigenvalue weighted by molar-refractivity contribution is 5.73. The van der Waals surface area contributed by atoms with E-state index in [1.54, 1.807) is 24.9 Å². The highest BCUT2D eigenvalue weighted by Crippen LogP contribution is 2.29. The molecule has 1 saturated heterocycles. The van der Waals surface area contributed by atoms with Gasteiger partial charge in [0.2, 0.25) is 0 Å². The molecular formula is C23H28N6O3. The third kappa shape index (κ3) is 5.28. The second-order valence-electron chi connectivity index (χ2n) is 8.86. The fraction of sp³-hybridized carbons (Fsp3) is 0.435. The number of nitrogens with zero attached hydrogens (tertiary/aromatic N) is 6. The summed E-state index contributed by atoms with van der Waals surface area (Å²) in [5.74, 6) is 0.468. The number of benzene rings is 1. The van der Waals surface area contributed by atoms with Gasteiger partial charge in [-0.2, -0.15) is 0 Å². The molecule has 4 rings (SSSR count). The Kier molecular flexibility index (Phi) is 6.45. The van der Waals surface area contributed by atoms with Crippen LogP contribution in [0.25, 0.3) is 5.69 Å². The minimum Gasteiger partial charge on any atom is -0.487 e. The van der Waals surface area contributed by atoms with Gasteiger partial charge in [-0.05, 0) is 92.0 Å².